The maximum atomic E-state index is 12.4. The quantitative estimate of drug-likeness (QED) is 0.845. The first-order valence-electron chi connectivity index (χ1n) is 6.59. The molecule has 1 aromatic carbocycles. The molecule has 1 aromatic rings. The Morgan fingerprint density at radius 3 is 2.56 bits per heavy atom. The molecular weight excluding hydrogens is 290 g/mol. The zero-order valence-corrected chi connectivity index (χ0v) is 12.6. The predicted molar refractivity (Wildman–Crippen MR) is 78.7 cm³/mol. The Morgan fingerprint density at radius 1 is 1.28 bits per heavy atom. The summed E-state index contributed by atoms with van der Waals surface area (Å²) in [6.07, 6.45) is 5.60. The minimum atomic E-state index is -0.192. The van der Waals surface area contributed by atoms with E-state index in [9.17, 15) is 4.79 Å². The number of carbonyl (C=O) groups excluding carboxylic acids is 1. The molecule has 0 aromatic heterocycles. The summed E-state index contributed by atoms with van der Waals surface area (Å²) in [5.41, 5.74) is 1.86. The second-order valence-corrected chi connectivity index (χ2v) is 6.41. The Bertz CT molecular complexity index is 450. The number of carbonyl (C=O) groups is 1. The lowest BCUT2D eigenvalue weighted by Crippen LogP contribution is -2.35. The first-order valence-corrected chi connectivity index (χ1v) is 7.38. The summed E-state index contributed by atoms with van der Waals surface area (Å²) in [4.78, 5) is 12.4. The third-order valence-corrected chi connectivity index (χ3v) is 4.53. The highest BCUT2D eigenvalue weighted by atomic mass is 79.9. The van der Waals surface area contributed by atoms with Crippen LogP contribution in [0.5, 0.6) is 0 Å². The van der Waals surface area contributed by atoms with Crippen molar-refractivity contribution < 1.29 is 4.79 Å². The number of aryl methyl sites for hydroxylation is 1. The first kappa shape index (κ1) is 13.6. The van der Waals surface area contributed by atoms with Crippen molar-refractivity contribution in [3.63, 3.8) is 0 Å². The second kappa shape index (κ2) is 5.43. The molecule has 3 heteroatoms. The van der Waals surface area contributed by atoms with Gasteiger partial charge in [-0.05, 0) is 53.4 Å². The number of amides is 1. The summed E-state index contributed by atoms with van der Waals surface area (Å²) >= 11 is 3.50. The minimum Gasteiger partial charge on any atom is -0.325 e. The molecule has 1 aliphatic rings. The number of hydrogen-bond donors (Lipinski definition) is 1. The lowest BCUT2D eigenvalue weighted by atomic mass is 9.75. The molecule has 1 saturated carbocycles. The van der Waals surface area contributed by atoms with Gasteiger partial charge in [0.2, 0.25) is 5.91 Å². The third kappa shape index (κ3) is 2.94. The number of benzene rings is 1. The van der Waals surface area contributed by atoms with Crippen molar-refractivity contribution in [3.8, 4) is 0 Å². The molecule has 1 amide bonds. The van der Waals surface area contributed by atoms with Gasteiger partial charge in [-0.2, -0.15) is 0 Å². The van der Waals surface area contributed by atoms with Crippen molar-refractivity contribution in [2.24, 2.45) is 5.41 Å². The van der Waals surface area contributed by atoms with Gasteiger partial charge in [0, 0.05) is 9.89 Å². The number of rotatable bonds is 2. The van der Waals surface area contributed by atoms with Gasteiger partial charge in [-0.1, -0.05) is 32.3 Å². The average Bonchev–Trinajstić information content (AvgIpc) is 2.33. The van der Waals surface area contributed by atoms with Crippen LogP contribution in [0.15, 0.2) is 22.7 Å². The Labute approximate surface area is 117 Å². The molecule has 0 radical (unpaired) electrons. The Hall–Kier alpha value is -0.830. The maximum absolute atomic E-state index is 12.4. The molecule has 1 aliphatic carbocycles. The Kier molecular flexibility index (Phi) is 4.10. The van der Waals surface area contributed by atoms with Crippen LogP contribution < -0.4 is 5.32 Å². The van der Waals surface area contributed by atoms with Crippen LogP contribution in [0.4, 0.5) is 5.69 Å². The van der Waals surface area contributed by atoms with Crippen LogP contribution in [-0.2, 0) is 4.79 Å². The molecule has 0 spiro atoms. The molecule has 0 atom stereocenters. The largest absolute Gasteiger partial charge is 0.325 e. The van der Waals surface area contributed by atoms with E-state index in [1.807, 2.05) is 25.1 Å². The van der Waals surface area contributed by atoms with Crippen LogP contribution in [0.25, 0.3) is 0 Å². The SMILES string of the molecule is Cc1ccc(NC(=O)C2(C)CCCCC2)c(Br)c1. The Balaban J connectivity index is 2.11. The molecule has 18 heavy (non-hydrogen) atoms. The van der Waals surface area contributed by atoms with Gasteiger partial charge in [0.05, 0.1) is 5.69 Å². The smallest absolute Gasteiger partial charge is 0.230 e. The lowest BCUT2D eigenvalue weighted by Gasteiger charge is -2.32. The van der Waals surface area contributed by atoms with E-state index >= 15 is 0 Å². The van der Waals surface area contributed by atoms with Crippen molar-refractivity contribution in [1.29, 1.82) is 0 Å². The molecular formula is C15H20BrNO. The van der Waals surface area contributed by atoms with E-state index in [4.69, 9.17) is 0 Å². The predicted octanol–water partition coefficient (Wildman–Crippen LogP) is 4.67. The summed E-state index contributed by atoms with van der Waals surface area (Å²) < 4.78 is 0.954. The van der Waals surface area contributed by atoms with Gasteiger partial charge in [-0.15, -0.1) is 0 Å². The van der Waals surface area contributed by atoms with Gasteiger partial charge < -0.3 is 5.32 Å². The Morgan fingerprint density at radius 2 is 1.94 bits per heavy atom. The average molecular weight is 310 g/mol. The van der Waals surface area contributed by atoms with Crippen molar-refractivity contribution in [1.82, 2.24) is 0 Å². The molecule has 0 unspecified atom stereocenters. The van der Waals surface area contributed by atoms with Gasteiger partial charge in [-0.3, -0.25) is 4.79 Å². The van der Waals surface area contributed by atoms with Crippen LogP contribution in [0, 0.1) is 12.3 Å². The van der Waals surface area contributed by atoms with Gasteiger partial charge in [0.1, 0.15) is 0 Å². The van der Waals surface area contributed by atoms with Gasteiger partial charge >= 0.3 is 0 Å². The number of halogens is 1. The van der Waals surface area contributed by atoms with Crippen LogP contribution in [0.2, 0.25) is 0 Å². The van der Waals surface area contributed by atoms with E-state index < -0.39 is 0 Å². The van der Waals surface area contributed by atoms with E-state index in [0.29, 0.717) is 0 Å². The van der Waals surface area contributed by atoms with Crippen LogP contribution >= 0.6 is 15.9 Å². The molecule has 2 nitrogen and oxygen atoms in total. The summed E-state index contributed by atoms with van der Waals surface area (Å²) in [7, 11) is 0. The highest BCUT2D eigenvalue weighted by Crippen LogP contribution is 2.37. The highest BCUT2D eigenvalue weighted by molar-refractivity contribution is 9.10. The van der Waals surface area contributed by atoms with E-state index in [0.717, 1.165) is 23.0 Å². The number of anilines is 1. The fraction of sp³-hybridized carbons (Fsp3) is 0.533. The molecule has 1 N–H and O–H groups in total. The van der Waals surface area contributed by atoms with E-state index in [1.165, 1.54) is 24.8 Å². The maximum Gasteiger partial charge on any atom is 0.230 e. The molecule has 0 bridgehead atoms. The van der Waals surface area contributed by atoms with Gasteiger partial charge in [0.15, 0.2) is 0 Å². The van der Waals surface area contributed by atoms with Gasteiger partial charge in [-0.25, -0.2) is 0 Å². The highest BCUT2D eigenvalue weighted by Gasteiger charge is 2.34. The van der Waals surface area contributed by atoms with Crippen LogP contribution in [0.1, 0.15) is 44.6 Å². The lowest BCUT2D eigenvalue weighted by molar-refractivity contribution is -0.126. The van der Waals surface area contributed by atoms with E-state index in [1.54, 1.807) is 0 Å². The molecule has 1 fully saturated rings. The summed E-state index contributed by atoms with van der Waals surface area (Å²) in [5.74, 6) is 0.159. The van der Waals surface area contributed by atoms with Crippen molar-refractivity contribution in [2.75, 3.05) is 5.32 Å². The molecule has 0 heterocycles. The molecule has 0 aliphatic heterocycles. The van der Waals surface area contributed by atoms with Crippen molar-refractivity contribution >= 4 is 27.5 Å². The standard InChI is InChI=1S/C15H20BrNO/c1-11-6-7-13(12(16)10-11)17-14(18)15(2)8-4-3-5-9-15/h6-7,10H,3-5,8-9H2,1-2H3,(H,17,18). The molecule has 2 rings (SSSR count). The van der Waals surface area contributed by atoms with E-state index in [2.05, 4.69) is 28.2 Å². The molecule has 98 valence electrons. The molecule has 0 saturated heterocycles. The topological polar surface area (TPSA) is 29.1 Å². The van der Waals surface area contributed by atoms with Crippen molar-refractivity contribution in [2.45, 2.75) is 46.0 Å². The third-order valence-electron chi connectivity index (χ3n) is 3.88. The zero-order valence-electron chi connectivity index (χ0n) is 11.1. The van der Waals surface area contributed by atoms with Crippen molar-refractivity contribution in [3.05, 3.63) is 28.2 Å². The first-order chi connectivity index (χ1) is 8.51. The summed E-state index contributed by atoms with van der Waals surface area (Å²) in [6, 6.07) is 6.01. The minimum absolute atomic E-state index is 0.159. The summed E-state index contributed by atoms with van der Waals surface area (Å²) in [6.45, 7) is 4.13. The number of hydrogen-bond acceptors (Lipinski definition) is 1. The fourth-order valence-electron chi connectivity index (χ4n) is 2.55. The second-order valence-electron chi connectivity index (χ2n) is 5.56. The van der Waals surface area contributed by atoms with Crippen LogP contribution in [0.3, 0.4) is 0 Å². The normalized spacial score (nSPS) is 18.4. The summed E-state index contributed by atoms with van der Waals surface area (Å²) in [5, 5.41) is 3.06. The van der Waals surface area contributed by atoms with Gasteiger partial charge in [0.25, 0.3) is 0 Å². The monoisotopic (exact) mass is 309 g/mol. The fourth-order valence-corrected chi connectivity index (χ4v) is 3.15. The zero-order chi connectivity index (χ0) is 13.2. The number of nitrogens with one attached hydrogen (secondary N) is 1. The van der Waals surface area contributed by atoms with Crippen LogP contribution in [-0.4, -0.2) is 5.91 Å². The van der Waals surface area contributed by atoms with E-state index in [-0.39, 0.29) is 11.3 Å².